The van der Waals surface area contributed by atoms with E-state index in [4.69, 9.17) is 0 Å². The summed E-state index contributed by atoms with van der Waals surface area (Å²) in [5.74, 6) is 0. The first-order valence-electron chi connectivity index (χ1n) is 7.58. The van der Waals surface area contributed by atoms with Crippen molar-refractivity contribution in [2.45, 2.75) is 78.6 Å². The normalized spacial score (nSPS) is 15.2. The van der Waals surface area contributed by atoms with Crippen LogP contribution < -0.4 is 5.23 Å². The molecule has 0 amide bonds. The van der Waals surface area contributed by atoms with Crippen molar-refractivity contribution in [1.82, 2.24) is 0 Å². The van der Waals surface area contributed by atoms with Crippen molar-refractivity contribution < 1.29 is 10.4 Å². The van der Waals surface area contributed by atoms with Crippen LogP contribution >= 0.6 is 0 Å². The maximum absolute atomic E-state index is 11.9. The molecule has 21 heavy (non-hydrogen) atoms. The molecule has 1 aromatic carbocycles. The maximum atomic E-state index is 11.9. The molecule has 120 valence electrons. The van der Waals surface area contributed by atoms with Crippen LogP contribution in [0, 0.1) is 5.21 Å². The second-order valence-corrected chi connectivity index (χ2v) is 9.00. The van der Waals surface area contributed by atoms with Crippen molar-refractivity contribution >= 4 is 5.69 Å². The Morgan fingerprint density at radius 3 is 1.29 bits per heavy atom. The van der Waals surface area contributed by atoms with Gasteiger partial charge in [-0.15, -0.1) is 0 Å². The average molecular weight is 293 g/mol. The fraction of sp³-hybridized carbons (Fsp3) is 0.667. The molecule has 0 heterocycles. The molecule has 1 atom stereocenters. The first-order valence-corrected chi connectivity index (χ1v) is 7.58. The van der Waals surface area contributed by atoms with E-state index in [1.165, 1.54) is 5.56 Å². The van der Waals surface area contributed by atoms with Gasteiger partial charge in [0.1, 0.15) is 0 Å². The molecule has 0 aliphatic rings. The van der Waals surface area contributed by atoms with E-state index >= 15 is 0 Å². The van der Waals surface area contributed by atoms with Crippen LogP contribution in [0.25, 0.3) is 0 Å². The first kappa shape index (κ1) is 18.1. The Morgan fingerprint density at radius 1 is 0.762 bits per heavy atom. The zero-order chi connectivity index (χ0) is 16.8. The highest BCUT2D eigenvalue weighted by molar-refractivity contribution is 5.56. The van der Waals surface area contributed by atoms with Gasteiger partial charge in [-0.05, 0) is 33.9 Å². The van der Waals surface area contributed by atoms with Gasteiger partial charge in [0.2, 0.25) is 0 Å². The third-order valence-corrected chi connectivity index (χ3v) is 3.83. The molecule has 0 fully saturated rings. The smallest absolute Gasteiger partial charge is 0.171 e. The number of quaternary nitrogens is 1. The lowest BCUT2D eigenvalue weighted by Gasteiger charge is -2.33. The number of hydrogen-bond acceptors (Lipinski definition) is 2. The zero-order valence-electron chi connectivity index (χ0n) is 15.0. The van der Waals surface area contributed by atoms with Crippen molar-refractivity contribution in [3.05, 3.63) is 34.0 Å². The summed E-state index contributed by atoms with van der Waals surface area (Å²) in [4.78, 5) is 0. The summed E-state index contributed by atoms with van der Waals surface area (Å²) in [6.45, 7) is 19.0. The van der Waals surface area contributed by atoms with Gasteiger partial charge in [-0.1, -0.05) is 62.3 Å². The monoisotopic (exact) mass is 293 g/mol. The third kappa shape index (κ3) is 4.06. The van der Waals surface area contributed by atoms with Crippen LogP contribution in [0.3, 0.4) is 0 Å². The molecular formula is C18H31NO2. The lowest BCUT2D eigenvalue weighted by molar-refractivity contribution is -0.991. The Bertz CT molecular complexity index is 476. The quantitative estimate of drug-likeness (QED) is 0.769. The molecule has 0 radical (unpaired) electrons. The molecule has 0 aliphatic carbocycles. The van der Waals surface area contributed by atoms with Gasteiger partial charge in [0.15, 0.2) is 5.69 Å². The van der Waals surface area contributed by atoms with Crippen molar-refractivity contribution in [2.75, 3.05) is 0 Å². The maximum Gasteiger partial charge on any atom is 0.171 e. The van der Waals surface area contributed by atoms with Crippen molar-refractivity contribution in [2.24, 2.45) is 0 Å². The fourth-order valence-corrected chi connectivity index (χ4v) is 2.49. The van der Waals surface area contributed by atoms with E-state index < -0.39 is 5.23 Å². The molecule has 2 N–H and O–H groups in total. The van der Waals surface area contributed by atoms with Crippen molar-refractivity contribution in [1.29, 1.82) is 0 Å². The number of benzene rings is 1. The summed E-state index contributed by atoms with van der Waals surface area (Å²) in [5.41, 5.74) is 3.12. The highest BCUT2D eigenvalue weighted by Gasteiger charge is 2.32. The molecule has 0 aliphatic heterocycles. The van der Waals surface area contributed by atoms with Crippen LogP contribution in [0.2, 0.25) is 0 Å². The molecule has 3 heteroatoms. The first-order chi connectivity index (χ1) is 9.15. The SMILES string of the molecule is CC(C)(C)c1cc(C(C)(C)C)c([NH+]([O-])O)c(C(C)(C)C)c1. The van der Waals surface area contributed by atoms with E-state index in [1.54, 1.807) is 0 Å². The van der Waals surface area contributed by atoms with E-state index in [0.717, 1.165) is 11.1 Å². The average Bonchev–Trinajstić information content (AvgIpc) is 2.23. The van der Waals surface area contributed by atoms with Crippen molar-refractivity contribution in [3.63, 3.8) is 0 Å². The van der Waals surface area contributed by atoms with Gasteiger partial charge in [0, 0.05) is 11.1 Å². The zero-order valence-corrected chi connectivity index (χ0v) is 15.0. The predicted octanol–water partition coefficient (Wildman–Crippen LogP) is 3.98. The molecule has 0 saturated heterocycles. The highest BCUT2D eigenvalue weighted by atomic mass is 16.8. The minimum atomic E-state index is -0.828. The minimum absolute atomic E-state index is 0.00294. The molecule has 0 spiro atoms. The Hall–Kier alpha value is -0.900. The van der Waals surface area contributed by atoms with E-state index in [1.807, 2.05) is 0 Å². The fourth-order valence-electron chi connectivity index (χ4n) is 2.49. The molecule has 1 rings (SSSR count). The Kier molecular flexibility index (Phi) is 4.65. The summed E-state index contributed by atoms with van der Waals surface area (Å²) in [6.07, 6.45) is 0. The molecule has 0 bridgehead atoms. The lowest BCUT2D eigenvalue weighted by atomic mass is 9.74. The van der Waals surface area contributed by atoms with Gasteiger partial charge < -0.3 is 5.21 Å². The van der Waals surface area contributed by atoms with E-state index in [0.29, 0.717) is 5.69 Å². The summed E-state index contributed by atoms with van der Waals surface area (Å²) < 4.78 is 0. The van der Waals surface area contributed by atoms with Crippen LogP contribution in [0.5, 0.6) is 0 Å². The summed E-state index contributed by atoms with van der Waals surface area (Å²) in [6, 6.07) is 4.16. The summed E-state index contributed by atoms with van der Waals surface area (Å²) >= 11 is 0. The van der Waals surface area contributed by atoms with Crippen LogP contribution in [-0.4, -0.2) is 5.21 Å². The summed E-state index contributed by atoms with van der Waals surface area (Å²) in [5, 5.41) is 20.8. The minimum Gasteiger partial charge on any atom is -0.595 e. The van der Waals surface area contributed by atoms with E-state index in [2.05, 4.69) is 74.4 Å². The molecule has 0 saturated carbocycles. The van der Waals surface area contributed by atoms with Gasteiger partial charge >= 0.3 is 0 Å². The molecule has 1 aromatic rings. The second-order valence-electron chi connectivity index (χ2n) is 9.00. The van der Waals surface area contributed by atoms with Gasteiger partial charge in [0.05, 0.1) is 0 Å². The van der Waals surface area contributed by atoms with Crippen LogP contribution in [0.1, 0.15) is 79.0 Å². The molecular weight excluding hydrogens is 262 g/mol. The van der Waals surface area contributed by atoms with Crippen molar-refractivity contribution in [3.8, 4) is 0 Å². The Balaban J connectivity index is 3.85. The number of nitrogens with one attached hydrogen (secondary N) is 1. The Labute approximate surface area is 129 Å². The van der Waals surface area contributed by atoms with E-state index in [9.17, 15) is 10.4 Å². The third-order valence-electron chi connectivity index (χ3n) is 3.83. The standard InChI is InChI=1S/C18H31NO2/c1-16(2,3)12-10-13(17(4,5)6)15(19(20)21)14(11-12)18(7,8)9/h10-11,19-20H,1-9H3. The Morgan fingerprint density at radius 2 is 1.10 bits per heavy atom. The van der Waals surface area contributed by atoms with Gasteiger partial charge in [0.25, 0.3) is 0 Å². The number of hydrogen-bond donors (Lipinski definition) is 2. The van der Waals surface area contributed by atoms with Crippen LogP contribution in [-0.2, 0) is 16.2 Å². The second kappa shape index (κ2) is 5.38. The van der Waals surface area contributed by atoms with Gasteiger partial charge in [-0.25, -0.2) is 5.21 Å². The number of rotatable bonds is 1. The van der Waals surface area contributed by atoms with Crippen LogP contribution in [0.4, 0.5) is 5.69 Å². The topological polar surface area (TPSA) is 47.7 Å². The van der Waals surface area contributed by atoms with E-state index in [-0.39, 0.29) is 16.2 Å². The van der Waals surface area contributed by atoms with Crippen LogP contribution in [0.15, 0.2) is 12.1 Å². The predicted molar refractivity (Wildman–Crippen MR) is 88.3 cm³/mol. The summed E-state index contributed by atoms with van der Waals surface area (Å²) in [7, 11) is 0. The lowest BCUT2D eigenvalue weighted by Crippen LogP contribution is -2.99. The molecule has 3 nitrogen and oxygen atoms in total. The largest absolute Gasteiger partial charge is 0.595 e. The molecule has 1 unspecified atom stereocenters. The molecule has 0 aromatic heterocycles. The van der Waals surface area contributed by atoms with Gasteiger partial charge in [-0.2, -0.15) is 5.23 Å². The van der Waals surface area contributed by atoms with Gasteiger partial charge in [-0.3, -0.25) is 0 Å². The highest BCUT2D eigenvalue weighted by Crippen LogP contribution is 2.39.